The average molecular weight is 219 g/mol. The molecule has 1 aromatic rings. The van der Waals surface area contributed by atoms with Crippen molar-refractivity contribution in [2.45, 2.75) is 13.0 Å². The lowest BCUT2D eigenvalue weighted by atomic mass is 10.0. The Morgan fingerprint density at radius 1 is 1.38 bits per heavy atom. The predicted molar refractivity (Wildman–Crippen MR) is 59.1 cm³/mol. The highest BCUT2D eigenvalue weighted by molar-refractivity contribution is 5.98. The lowest BCUT2D eigenvalue weighted by Gasteiger charge is -2.05. The van der Waals surface area contributed by atoms with Crippen LogP contribution in [0, 0.1) is 0 Å². The summed E-state index contributed by atoms with van der Waals surface area (Å²) in [6.45, 7) is 1.80. The smallest absolute Gasteiger partial charge is 0.338 e. The minimum absolute atomic E-state index is 0.303. The van der Waals surface area contributed by atoms with Gasteiger partial charge in [-0.25, -0.2) is 4.79 Å². The Morgan fingerprint density at radius 3 is 2.69 bits per heavy atom. The van der Waals surface area contributed by atoms with E-state index in [1.807, 2.05) is 30.3 Å². The monoisotopic (exact) mass is 219 g/mol. The lowest BCUT2D eigenvalue weighted by Crippen LogP contribution is -2.15. The number of esters is 1. The molecule has 4 heteroatoms. The fraction of sp³-hybridized carbons (Fsp3) is 0.250. The highest BCUT2D eigenvalue weighted by Gasteiger charge is 2.30. The maximum Gasteiger partial charge on any atom is 0.338 e. The van der Waals surface area contributed by atoms with Crippen molar-refractivity contribution in [2.75, 3.05) is 7.11 Å². The minimum atomic E-state index is -0.364. The number of rotatable bonds is 2. The molecular formula is C12H13NO3. The largest absolute Gasteiger partial charge is 0.466 e. The molecule has 0 aromatic heterocycles. The Balaban J connectivity index is 2.44. The molecule has 0 amide bonds. The molecule has 1 atom stereocenters. The van der Waals surface area contributed by atoms with Crippen molar-refractivity contribution in [2.24, 2.45) is 0 Å². The van der Waals surface area contributed by atoms with E-state index in [0.717, 1.165) is 5.56 Å². The molecule has 0 radical (unpaired) electrons. The molecule has 0 spiro atoms. The Hall–Kier alpha value is -1.81. The zero-order valence-electron chi connectivity index (χ0n) is 9.19. The zero-order chi connectivity index (χ0) is 11.5. The van der Waals surface area contributed by atoms with Crippen LogP contribution in [0.2, 0.25) is 0 Å². The van der Waals surface area contributed by atoms with Crippen LogP contribution in [0.3, 0.4) is 0 Å². The van der Waals surface area contributed by atoms with E-state index in [4.69, 9.17) is 9.57 Å². The number of hydroxylamine groups is 1. The predicted octanol–water partition coefficient (Wildman–Crippen LogP) is 1.49. The third kappa shape index (κ3) is 1.79. The number of hydrogen-bond donors (Lipinski definition) is 1. The Labute approximate surface area is 93.8 Å². The fourth-order valence-corrected chi connectivity index (χ4v) is 1.66. The van der Waals surface area contributed by atoms with Gasteiger partial charge in [-0.2, -0.15) is 0 Å². The SMILES string of the molecule is COC(=O)C1=C(c2ccccc2)NOC1C. The summed E-state index contributed by atoms with van der Waals surface area (Å²) in [6, 6.07) is 9.55. The van der Waals surface area contributed by atoms with Crippen molar-refractivity contribution in [1.29, 1.82) is 0 Å². The molecule has 16 heavy (non-hydrogen) atoms. The van der Waals surface area contributed by atoms with Crippen LogP contribution in [0.15, 0.2) is 35.9 Å². The molecule has 4 nitrogen and oxygen atoms in total. The molecule has 84 valence electrons. The standard InChI is InChI=1S/C12H13NO3/c1-8-10(12(14)15-2)11(13-16-8)9-6-4-3-5-7-9/h3-8,13H,1-2H3. The van der Waals surface area contributed by atoms with Gasteiger partial charge in [0, 0.05) is 5.56 Å². The van der Waals surface area contributed by atoms with Crippen molar-refractivity contribution in [3.8, 4) is 0 Å². The van der Waals surface area contributed by atoms with Crippen molar-refractivity contribution in [1.82, 2.24) is 5.48 Å². The average Bonchev–Trinajstić information content (AvgIpc) is 2.71. The third-order valence-corrected chi connectivity index (χ3v) is 2.48. The fourth-order valence-electron chi connectivity index (χ4n) is 1.66. The summed E-state index contributed by atoms with van der Waals surface area (Å²) in [6.07, 6.45) is -0.303. The number of hydrogen-bond acceptors (Lipinski definition) is 4. The number of nitrogens with one attached hydrogen (secondary N) is 1. The molecule has 1 unspecified atom stereocenters. The zero-order valence-corrected chi connectivity index (χ0v) is 9.19. The number of carbonyl (C=O) groups excluding carboxylic acids is 1. The number of benzene rings is 1. The van der Waals surface area contributed by atoms with Gasteiger partial charge >= 0.3 is 5.97 Å². The van der Waals surface area contributed by atoms with E-state index >= 15 is 0 Å². The van der Waals surface area contributed by atoms with Gasteiger partial charge in [-0.05, 0) is 6.92 Å². The van der Waals surface area contributed by atoms with Crippen LogP contribution in [0.4, 0.5) is 0 Å². The number of carbonyl (C=O) groups is 1. The molecule has 1 heterocycles. The topological polar surface area (TPSA) is 47.6 Å². The molecule has 1 N–H and O–H groups in total. The van der Waals surface area contributed by atoms with Gasteiger partial charge in [0.1, 0.15) is 6.10 Å². The van der Waals surface area contributed by atoms with Crippen molar-refractivity contribution < 1.29 is 14.4 Å². The molecular weight excluding hydrogens is 206 g/mol. The third-order valence-electron chi connectivity index (χ3n) is 2.48. The van der Waals surface area contributed by atoms with Crippen LogP contribution < -0.4 is 5.48 Å². The summed E-state index contributed by atoms with van der Waals surface area (Å²) in [5.74, 6) is -0.364. The maximum absolute atomic E-state index is 11.6. The lowest BCUT2D eigenvalue weighted by molar-refractivity contribution is -0.137. The molecule has 2 rings (SSSR count). The van der Waals surface area contributed by atoms with Gasteiger partial charge < -0.3 is 4.74 Å². The van der Waals surface area contributed by atoms with Crippen molar-refractivity contribution >= 4 is 11.7 Å². The van der Waals surface area contributed by atoms with Crippen LogP contribution >= 0.6 is 0 Å². The highest BCUT2D eigenvalue weighted by Crippen LogP contribution is 2.26. The van der Waals surface area contributed by atoms with Gasteiger partial charge in [0.15, 0.2) is 0 Å². The van der Waals surface area contributed by atoms with Gasteiger partial charge in [0.25, 0.3) is 0 Å². The maximum atomic E-state index is 11.6. The normalized spacial score (nSPS) is 19.5. The highest BCUT2D eigenvalue weighted by atomic mass is 16.7. The second-order valence-corrected chi connectivity index (χ2v) is 3.51. The summed E-state index contributed by atoms with van der Waals surface area (Å²) < 4.78 is 4.74. The van der Waals surface area contributed by atoms with Crippen LogP contribution in [-0.4, -0.2) is 19.2 Å². The van der Waals surface area contributed by atoms with E-state index < -0.39 is 0 Å². The Bertz CT molecular complexity index is 425. The van der Waals surface area contributed by atoms with E-state index in [1.54, 1.807) is 6.92 Å². The number of ether oxygens (including phenoxy) is 1. The summed E-state index contributed by atoms with van der Waals surface area (Å²) in [5, 5.41) is 0. The molecule has 0 saturated heterocycles. The first-order valence-corrected chi connectivity index (χ1v) is 5.03. The van der Waals surface area contributed by atoms with E-state index in [1.165, 1.54) is 7.11 Å². The molecule has 0 bridgehead atoms. The second kappa shape index (κ2) is 4.37. The van der Waals surface area contributed by atoms with Gasteiger partial charge in [0.05, 0.1) is 18.4 Å². The van der Waals surface area contributed by atoms with E-state index in [0.29, 0.717) is 11.3 Å². The summed E-state index contributed by atoms with van der Waals surface area (Å²) in [4.78, 5) is 16.8. The first-order valence-electron chi connectivity index (χ1n) is 5.03. The van der Waals surface area contributed by atoms with Crippen LogP contribution in [-0.2, 0) is 14.4 Å². The van der Waals surface area contributed by atoms with Crippen molar-refractivity contribution in [3.05, 3.63) is 41.5 Å². The van der Waals surface area contributed by atoms with E-state index in [9.17, 15) is 4.79 Å². The summed E-state index contributed by atoms with van der Waals surface area (Å²) in [5.41, 5.74) is 4.88. The molecule has 1 aliphatic rings. The second-order valence-electron chi connectivity index (χ2n) is 3.51. The van der Waals surface area contributed by atoms with Crippen LogP contribution in [0.1, 0.15) is 12.5 Å². The van der Waals surface area contributed by atoms with Crippen LogP contribution in [0.5, 0.6) is 0 Å². The summed E-state index contributed by atoms with van der Waals surface area (Å²) >= 11 is 0. The molecule has 1 aliphatic heterocycles. The first-order chi connectivity index (χ1) is 7.74. The van der Waals surface area contributed by atoms with Crippen LogP contribution in [0.25, 0.3) is 5.70 Å². The first kappa shape index (κ1) is 10.7. The minimum Gasteiger partial charge on any atom is -0.466 e. The summed E-state index contributed by atoms with van der Waals surface area (Å²) in [7, 11) is 1.36. The molecule has 1 aromatic carbocycles. The quantitative estimate of drug-likeness (QED) is 0.766. The Kier molecular flexibility index (Phi) is 2.92. The number of methoxy groups -OCH3 is 1. The molecule has 0 saturated carbocycles. The van der Waals surface area contributed by atoms with E-state index in [-0.39, 0.29) is 12.1 Å². The van der Waals surface area contributed by atoms with Gasteiger partial charge in [-0.15, -0.1) is 0 Å². The van der Waals surface area contributed by atoms with Crippen molar-refractivity contribution in [3.63, 3.8) is 0 Å². The van der Waals surface area contributed by atoms with Gasteiger partial charge in [-0.1, -0.05) is 30.3 Å². The molecule has 0 fully saturated rings. The Morgan fingerprint density at radius 2 is 2.06 bits per heavy atom. The molecule has 0 aliphatic carbocycles. The van der Waals surface area contributed by atoms with E-state index in [2.05, 4.69) is 5.48 Å². The van der Waals surface area contributed by atoms with Gasteiger partial charge in [0.2, 0.25) is 0 Å². The van der Waals surface area contributed by atoms with Gasteiger partial charge in [-0.3, -0.25) is 10.3 Å².